The van der Waals surface area contributed by atoms with E-state index in [1.54, 1.807) is 23.9 Å². The van der Waals surface area contributed by atoms with Crippen molar-refractivity contribution in [2.45, 2.75) is 18.7 Å². The Morgan fingerprint density at radius 3 is 2.35 bits per heavy atom. The Labute approximate surface area is 144 Å². The molecule has 1 aromatic carbocycles. The van der Waals surface area contributed by atoms with Gasteiger partial charge in [0.05, 0.1) is 23.3 Å². The molecule has 0 aliphatic rings. The zero-order valence-corrected chi connectivity index (χ0v) is 16.2. The van der Waals surface area contributed by atoms with Crippen LogP contribution in [0.5, 0.6) is 0 Å². The Morgan fingerprint density at radius 1 is 1.20 bits per heavy atom. The Hall–Kier alpha value is 1.03. The molecule has 9 heteroatoms. The van der Waals surface area contributed by atoms with Crippen LogP contribution < -0.4 is 6.15 Å². The van der Waals surface area contributed by atoms with E-state index in [9.17, 15) is 0 Å². The summed E-state index contributed by atoms with van der Waals surface area (Å²) >= 11 is 20.6. The van der Waals surface area contributed by atoms with E-state index < -0.39 is 5.69 Å². The van der Waals surface area contributed by atoms with Crippen LogP contribution in [0.25, 0.3) is 0 Å². The summed E-state index contributed by atoms with van der Waals surface area (Å²) in [7, 11) is 0. The van der Waals surface area contributed by atoms with E-state index in [0.29, 0.717) is 23.3 Å². The molecule has 1 aromatic rings. The second-order valence-corrected chi connectivity index (χ2v) is 11.8. The van der Waals surface area contributed by atoms with Gasteiger partial charge in [-0.2, -0.15) is 0 Å². The van der Waals surface area contributed by atoms with E-state index in [1.807, 2.05) is 19.9 Å². The van der Waals surface area contributed by atoms with Crippen LogP contribution in [0.4, 0.5) is 0 Å². The van der Waals surface area contributed by atoms with Gasteiger partial charge in [-0.1, -0.05) is 34.6 Å². The molecule has 0 saturated heterocycles. The van der Waals surface area contributed by atoms with E-state index in [1.165, 1.54) is 11.4 Å². The average molecular weight is 394 g/mol. The highest BCUT2D eigenvalue weighted by Crippen LogP contribution is 2.62. The van der Waals surface area contributed by atoms with Crippen LogP contribution in [-0.2, 0) is 20.9 Å². The lowest BCUT2D eigenvalue weighted by Crippen LogP contribution is -1.92. The molecule has 0 radical (unpaired) electrons. The zero-order valence-electron chi connectivity index (χ0n) is 11.3. The molecule has 0 aromatic heterocycles. The highest BCUT2D eigenvalue weighted by atomic mass is 35.5. The Kier molecular flexibility index (Phi) is 11.3. The fraction of sp³-hybridized carbons (Fsp3) is 0.455. The maximum Gasteiger partial charge on any atom is 0.248 e. The third-order valence-corrected chi connectivity index (χ3v) is 9.69. The normalized spacial score (nSPS) is 11.2. The number of rotatable bonds is 8. The molecule has 3 nitrogen and oxygen atoms in total. The van der Waals surface area contributed by atoms with Crippen molar-refractivity contribution in [3.05, 3.63) is 28.2 Å². The molecule has 0 bridgehead atoms. The molecular weight excluding hydrogens is 376 g/mol. The smallest absolute Gasteiger partial charge is 0.248 e. The monoisotopic (exact) mass is 393 g/mol. The summed E-state index contributed by atoms with van der Waals surface area (Å²) in [6.45, 7) is 4.96. The molecule has 0 saturated carbocycles. The summed E-state index contributed by atoms with van der Waals surface area (Å²) in [6.07, 6.45) is 0. The van der Waals surface area contributed by atoms with Crippen LogP contribution in [0, 0.1) is 0 Å². The van der Waals surface area contributed by atoms with Crippen molar-refractivity contribution in [3.63, 3.8) is 0 Å². The highest BCUT2D eigenvalue weighted by molar-refractivity contribution is 8.69. The molecule has 0 fully saturated rings. The minimum Gasteiger partial charge on any atom is -0.344 e. The standard InChI is InChI=1S/C11H15Cl2O2PS3.H3N/c1-3-14-16(17,15-4-2)19-8-18-11-7-9(12)5-6-10(11)13;/h5-7H,3-4,8H2,1-2H3;1H3. The van der Waals surface area contributed by atoms with Crippen molar-refractivity contribution in [2.75, 3.05) is 18.3 Å². The van der Waals surface area contributed by atoms with E-state index >= 15 is 0 Å². The van der Waals surface area contributed by atoms with Crippen LogP contribution >= 0.6 is 52.0 Å². The quantitative estimate of drug-likeness (QED) is 0.320. The van der Waals surface area contributed by atoms with Gasteiger partial charge in [0.2, 0.25) is 5.69 Å². The van der Waals surface area contributed by atoms with Crippen molar-refractivity contribution >= 4 is 63.8 Å². The third-order valence-electron chi connectivity index (χ3n) is 1.89. The molecule has 3 N–H and O–H groups in total. The fourth-order valence-electron chi connectivity index (χ4n) is 1.17. The number of hydrogen-bond acceptors (Lipinski definition) is 6. The summed E-state index contributed by atoms with van der Waals surface area (Å²) in [4.78, 5) is 0.941. The van der Waals surface area contributed by atoms with Crippen LogP contribution in [0.3, 0.4) is 0 Å². The lowest BCUT2D eigenvalue weighted by Gasteiger charge is -2.19. The van der Waals surface area contributed by atoms with Gasteiger partial charge >= 0.3 is 0 Å². The second kappa shape index (κ2) is 10.7. The number of halogens is 2. The Morgan fingerprint density at radius 2 is 1.80 bits per heavy atom. The van der Waals surface area contributed by atoms with Gasteiger partial charge in [-0.05, 0) is 43.9 Å². The van der Waals surface area contributed by atoms with E-state index in [-0.39, 0.29) is 6.15 Å². The van der Waals surface area contributed by atoms with Crippen molar-refractivity contribution in [2.24, 2.45) is 0 Å². The summed E-state index contributed by atoms with van der Waals surface area (Å²) in [5.74, 6) is 0. The van der Waals surface area contributed by atoms with Gasteiger partial charge in [-0.15, -0.1) is 11.8 Å². The van der Waals surface area contributed by atoms with Gasteiger partial charge in [0, 0.05) is 9.92 Å². The average Bonchev–Trinajstić information content (AvgIpc) is 2.34. The first-order valence-electron chi connectivity index (χ1n) is 5.62. The summed E-state index contributed by atoms with van der Waals surface area (Å²) in [6, 6.07) is 5.41. The van der Waals surface area contributed by atoms with Crippen LogP contribution in [-0.4, -0.2) is 18.3 Å². The van der Waals surface area contributed by atoms with E-state index in [0.717, 1.165) is 9.98 Å². The minimum absolute atomic E-state index is 0. The van der Waals surface area contributed by atoms with Crippen molar-refractivity contribution in [1.82, 2.24) is 6.15 Å². The first-order chi connectivity index (χ1) is 9.00. The Balaban J connectivity index is 0.00000361. The van der Waals surface area contributed by atoms with Gasteiger partial charge in [0.1, 0.15) is 0 Å². The maximum atomic E-state index is 6.10. The molecule has 116 valence electrons. The summed E-state index contributed by atoms with van der Waals surface area (Å²) in [5, 5.41) is 2.08. The first kappa shape index (κ1) is 21.0. The summed E-state index contributed by atoms with van der Waals surface area (Å²) in [5.41, 5.74) is -2.23. The molecule has 0 spiro atoms. The first-order valence-corrected chi connectivity index (χ1v) is 11.6. The van der Waals surface area contributed by atoms with E-state index in [4.69, 9.17) is 44.1 Å². The zero-order chi connectivity index (χ0) is 14.3. The molecule has 0 aliphatic carbocycles. The molecular formula is C11H18Cl2NO2PS3. The predicted octanol–water partition coefficient (Wildman–Crippen LogP) is 6.24. The maximum absolute atomic E-state index is 6.10. The molecule has 0 amide bonds. The lowest BCUT2D eigenvalue weighted by molar-refractivity contribution is 0.280. The largest absolute Gasteiger partial charge is 0.344 e. The molecule has 1 rings (SSSR count). The minimum atomic E-state index is -2.23. The second-order valence-electron chi connectivity index (χ2n) is 3.25. The SMILES string of the molecule is CCOP(=S)(OCC)SCSc1cc(Cl)ccc1Cl.N. The molecule has 0 heterocycles. The predicted molar refractivity (Wildman–Crippen MR) is 97.3 cm³/mol. The fourth-order valence-corrected chi connectivity index (χ4v) is 8.71. The summed E-state index contributed by atoms with van der Waals surface area (Å²) < 4.78 is 11.1. The number of thioether (sulfide) groups is 1. The van der Waals surface area contributed by atoms with Crippen molar-refractivity contribution in [1.29, 1.82) is 0 Å². The number of benzene rings is 1. The van der Waals surface area contributed by atoms with Crippen LogP contribution in [0.1, 0.15) is 13.8 Å². The number of hydrogen-bond donors (Lipinski definition) is 1. The van der Waals surface area contributed by atoms with E-state index in [2.05, 4.69) is 0 Å². The van der Waals surface area contributed by atoms with Crippen LogP contribution in [0.2, 0.25) is 10.0 Å². The Bertz CT molecular complexity index is 455. The topological polar surface area (TPSA) is 53.5 Å². The lowest BCUT2D eigenvalue weighted by atomic mass is 10.4. The molecule has 0 atom stereocenters. The van der Waals surface area contributed by atoms with Crippen molar-refractivity contribution < 1.29 is 9.05 Å². The molecule has 0 aliphatic heterocycles. The van der Waals surface area contributed by atoms with Gasteiger partial charge in [-0.25, -0.2) is 0 Å². The van der Waals surface area contributed by atoms with Gasteiger partial charge < -0.3 is 15.2 Å². The van der Waals surface area contributed by atoms with Crippen LogP contribution in [0.15, 0.2) is 23.1 Å². The molecule has 0 unspecified atom stereocenters. The van der Waals surface area contributed by atoms with Gasteiger partial charge in [0.15, 0.2) is 0 Å². The van der Waals surface area contributed by atoms with Crippen molar-refractivity contribution in [3.8, 4) is 0 Å². The van der Waals surface area contributed by atoms with Gasteiger partial charge in [0.25, 0.3) is 0 Å². The highest BCUT2D eigenvalue weighted by Gasteiger charge is 2.18. The van der Waals surface area contributed by atoms with Gasteiger partial charge in [-0.3, -0.25) is 0 Å². The molecule has 20 heavy (non-hydrogen) atoms. The third kappa shape index (κ3) is 7.34.